The summed E-state index contributed by atoms with van der Waals surface area (Å²) in [5.41, 5.74) is 2.97. The summed E-state index contributed by atoms with van der Waals surface area (Å²) >= 11 is 0. The molecule has 0 amide bonds. The van der Waals surface area contributed by atoms with E-state index in [4.69, 9.17) is 5.10 Å². The maximum Gasteiger partial charge on any atom is 0.247 e. The van der Waals surface area contributed by atoms with Gasteiger partial charge in [-0.1, -0.05) is 61.0 Å². The topological polar surface area (TPSA) is 68.1 Å². The zero-order chi connectivity index (χ0) is 22.0. The van der Waals surface area contributed by atoms with Crippen LogP contribution in [0.15, 0.2) is 96.3 Å². The van der Waals surface area contributed by atoms with Gasteiger partial charge in [0.2, 0.25) is 10.0 Å². The molecule has 1 unspecified atom stereocenters. The molecule has 0 saturated carbocycles. The Bertz CT molecular complexity index is 1290. The molecule has 5 rings (SSSR count). The third-order valence-electron chi connectivity index (χ3n) is 5.86. The Morgan fingerprint density at radius 2 is 1.62 bits per heavy atom. The van der Waals surface area contributed by atoms with E-state index in [0.717, 1.165) is 36.1 Å². The molecule has 0 radical (unpaired) electrons. The third-order valence-corrected chi connectivity index (χ3v) is 7.77. The highest BCUT2D eigenvalue weighted by molar-refractivity contribution is 7.89. The highest BCUT2D eigenvalue weighted by Gasteiger charge is 2.37. The molecular formula is C25H24N4O2S. The Morgan fingerprint density at radius 3 is 2.34 bits per heavy atom. The number of piperidine rings is 1. The van der Waals surface area contributed by atoms with Gasteiger partial charge >= 0.3 is 0 Å². The summed E-state index contributed by atoms with van der Waals surface area (Å²) < 4.78 is 31.4. The lowest BCUT2D eigenvalue weighted by molar-refractivity contribution is 0.255. The van der Waals surface area contributed by atoms with E-state index in [2.05, 4.69) is 4.98 Å². The van der Waals surface area contributed by atoms with Crippen molar-refractivity contribution in [2.75, 3.05) is 6.54 Å². The monoisotopic (exact) mass is 444 g/mol. The molecule has 1 saturated heterocycles. The predicted octanol–water partition coefficient (Wildman–Crippen LogP) is 4.85. The van der Waals surface area contributed by atoms with Crippen molar-refractivity contribution in [2.45, 2.75) is 30.2 Å². The van der Waals surface area contributed by atoms with Gasteiger partial charge in [0.15, 0.2) is 0 Å². The van der Waals surface area contributed by atoms with Crippen LogP contribution < -0.4 is 0 Å². The quantitative estimate of drug-likeness (QED) is 0.441. The van der Waals surface area contributed by atoms with Crippen LogP contribution in [0.2, 0.25) is 0 Å². The van der Waals surface area contributed by atoms with Crippen LogP contribution in [0, 0.1) is 0 Å². The summed E-state index contributed by atoms with van der Waals surface area (Å²) in [6.45, 7) is 0.479. The molecule has 6 nitrogen and oxygen atoms in total. The zero-order valence-electron chi connectivity index (χ0n) is 17.6. The average Bonchev–Trinajstić information content (AvgIpc) is 3.32. The van der Waals surface area contributed by atoms with Crippen LogP contribution in [0.3, 0.4) is 0 Å². The first-order chi connectivity index (χ1) is 15.6. The molecule has 32 heavy (non-hydrogen) atoms. The van der Waals surface area contributed by atoms with Crippen LogP contribution >= 0.6 is 0 Å². The molecule has 0 bridgehead atoms. The van der Waals surface area contributed by atoms with Crippen molar-refractivity contribution in [1.29, 1.82) is 0 Å². The van der Waals surface area contributed by atoms with Gasteiger partial charge in [-0.05, 0) is 36.6 Å². The Kier molecular flexibility index (Phi) is 5.59. The van der Waals surface area contributed by atoms with E-state index < -0.39 is 10.0 Å². The number of rotatable bonds is 5. The highest BCUT2D eigenvalue weighted by atomic mass is 32.2. The van der Waals surface area contributed by atoms with Gasteiger partial charge in [0, 0.05) is 24.5 Å². The van der Waals surface area contributed by atoms with Gasteiger partial charge in [0.25, 0.3) is 0 Å². The fourth-order valence-corrected chi connectivity index (χ4v) is 6.10. The number of pyridine rings is 1. The van der Waals surface area contributed by atoms with Gasteiger partial charge in [-0.25, -0.2) is 13.1 Å². The average molecular weight is 445 g/mol. The van der Waals surface area contributed by atoms with Crippen LogP contribution in [0.5, 0.6) is 0 Å². The fourth-order valence-electron chi connectivity index (χ4n) is 4.28. The summed E-state index contributed by atoms with van der Waals surface area (Å²) in [6, 6.07) is 22.7. The van der Waals surface area contributed by atoms with Gasteiger partial charge < -0.3 is 0 Å². The second-order valence-electron chi connectivity index (χ2n) is 7.90. The first-order valence-electron chi connectivity index (χ1n) is 10.8. The number of aromatic nitrogens is 3. The van der Waals surface area contributed by atoms with Crippen molar-refractivity contribution >= 4 is 10.0 Å². The molecular weight excluding hydrogens is 420 g/mol. The minimum atomic E-state index is -3.80. The molecule has 0 aliphatic carbocycles. The number of para-hydroxylation sites is 1. The van der Waals surface area contributed by atoms with Crippen LogP contribution in [0.25, 0.3) is 16.9 Å². The SMILES string of the molecule is O=S(=O)(c1cn(-c2ccccc2)nc1-c1ccccc1)N1CCCCC1c1cccnc1. The Balaban J connectivity index is 1.64. The van der Waals surface area contributed by atoms with Crippen molar-refractivity contribution in [3.8, 4) is 16.9 Å². The summed E-state index contributed by atoms with van der Waals surface area (Å²) in [6.07, 6.45) is 7.72. The molecule has 162 valence electrons. The lowest BCUT2D eigenvalue weighted by Crippen LogP contribution is -2.38. The normalized spacial score (nSPS) is 17.3. The number of sulfonamides is 1. The van der Waals surface area contributed by atoms with Crippen LogP contribution in [0.1, 0.15) is 30.9 Å². The summed E-state index contributed by atoms with van der Waals surface area (Å²) in [4.78, 5) is 4.45. The van der Waals surface area contributed by atoms with E-state index in [9.17, 15) is 8.42 Å². The van der Waals surface area contributed by atoms with E-state index in [1.165, 1.54) is 0 Å². The van der Waals surface area contributed by atoms with Gasteiger partial charge in [-0.15, -0.1) is 0 Å². The third kappa shape index (κ3) is 3.85. The fraction of sp³-hybridized carbons (Fsp3) is 0.200. The van der Waals surface area contributed by atoms with Crippen LogP contribution in [0.4, 0.5) is 0 Å². The van der Waals surface area contributed by atoms with Gasteiger partial charge in [0.1, 0.15) is 10.6 Å². The molecule has 1 fully saturated rings. The maximum absolute atomic E-state index is 14.1. The standard InChI is InChI=1S/C25H24N4O2S/c30-32(31,29-17-8-7-15-23(29)21-12-9-16-26-18-21)24-19-28(22-13-5-2-6-14-22)27-25(24)20-10-3-1-4-11-20/h1-6,9-14,16,18-19,23H,7-8,15,17H2. The molecule has 7 heteroatoms. The lowest BCUT2D eigenvalue weighted by Gasteiger charge is -2.34. The van der Waals surface area contributed by atoms with Crippen molar-refractivity contribution in [3.63, 3.8) is 0 Å². The summed E-state index contributed by atoms with van der Waals surface area (Å²) in [5, 5.41) is 4.71. The second kappa shape index (κ2) is 8.68. The number of nitrogens with zero attached hydrogens (tertiary/aromatic N) is 4. The minimum Gasteiger partial charge on any atom is -0.264 e. The first-order valence-corrected chi connectivity index (χ1v) is 12.2. The van der Waals surface area contributed by atoms with E-state index in [-0.39, 0.29) is 10.9 Å². The van der Waals surface area contributed by atoms with Gasteiger partial charge in [-0.2, -0.15) is 9.40 Å². The lowest BCUT2D eigenvalue weighted by atomic mass is 9.99. The molecule has 0 spiro atoms. The summed E-state index contributed by atoms with van der Waals surface area (Å²) in [7, 11) is -3.80. The van der Waals surface area contributed by atoms with Gasteiger partial charge in [-0.3, -0.25) is 4.98 Å². The van der Waals surface area contributed by atoms with Crippen molar-refractivity contribution in [2.24, 2.45) is 0 Å². The van der Waals surface area contributed by atoms with Crippen molar-refractivity contribution in [1.82, 2.24) is 19.1 Å². The molecule has 2 aromatic carbocycles. The Morgan fingerprint density at radius 1 is 0.875 bits per heavy atom. The largest absolute Gasteiger partial charge is 0.264 e. The molecule has 0 N–H and O–H groups in total. The summed E-state index contributed by atoms with van der Waals surface area (Å²) in [5.74, 6) is 0. The molecule has 1 aliphatic heterocycles. The molecule has 1 aliphatic rings. The van der Waals surface area contributed by atoms with Crippen LogP contribution in [-0.4, -0.2) is 34.0 Å². The van der Waals surface area contributed by atoms with E-state index >= 15 is 0 Å². The number of benzene rings is 2. The maximum atomic E-state index is 14.1. The molecule has 2 aromatic heterocycles. The van der Waals surface area contributed by atoms with Gasteiger partial charge in [0.05, 0.1) is 17.9 Å². The van der Waals surface area contributed by atoms with E-state index in [1.54, 1.807) is 27.6 Å². The van der Waals surface area contributed by atoms with Crippen molar-refractivity contribution < 1.29 is 8.42 Å². The second-order valence-corrected chi connectivity index (χ2v) is 9.76. The highest BCUT2D eigenvalue weighted by Crippen LogP contribution is 2.38. The first kappa shape index (κ1) is 20.6. The Hall–Kier alpha value is -3.29. The van der Waals surface area contributed by atoms with E-state index in [0.29, 0.717) is 12.2 Å². The van der Waals surface area contributed by atoms with E-state index in [1.807, 2.05) is 72.8 Å². The molecule has 4 aromatic rings. The molecule has 3 heterocycles. The van der Waals surface area contributed by atoms with Crippen LogP contribution in [-0.2, 0) is 10.0 Å². The Labute approximate surface area is 188 Å². The molecule has 1 atom stereocenters. The minimum absolute atomic E-state index is 0.225. The predicted molar refractivity (Wildman–Crippen MR) is 124 cm³/mol. The van der Waals surface area contributed by atoms with Crippen molar-refractivity contribution in [3.05, 3.63) is 97.0 Å². The number of hydrogen-bond acceptors (Lipinski definition) is 4. The zero-order valence-corrected chi connectivity index (χ0v) is 18.4. The smallest absolute Gasteiger partial charge is 0.247 e. The number of hydrogen-bond donors (Lipinski definition) is 0.